The Kier molecular flexibility index (Phi) is 1.97. The Morgan fingerprint density at radius 2 is 1.87 bits per heavy atom. The van der Waals surface area contributed by atoms with Gasteiger partial charge < -0.3 is 5.32 Å². The first-order valence-electron chi connectivity index (χ1n) is 4.35. The minimum absolute atomic E-state index is 0.146. The van der Waals surface area contributed by atoms with Crippen LogP contribution >= 0.6 is 0 Å². The van der Waals surface area contributed by atoms with Crippen LogP contribution in [0.1, 0.15) is 11.1 Å². The van der Waals surface area contributed by atoms with Crippen molar-refractivity contribution >= 4 is 21.7 Å². The van der Waals surface area contributed by atoms with Crippen LogP contribution in [0.2, 0.25) is 0 Å². The smallest absolute Gasteiger partial charge is 0.306 e. The molecule has 1 heterocycles. The van der Waals surface area contributed by atoms with Crippen LogP contribution in [0.5, 0.6) is 0 Å². The van der Waals surface area contributed by atoms with Gasteiger partial charge in [0.25, 0.3) is 10.0 Å². The SMILES string of the molecule is Cc1cc(C)c2c(c1)NC(=O)NS2(=O)=O. The zero-order valence-corrected chi connectivity index (χ0v) is 9.10. The molecule has 0 spiro atoms. The van der Waals surface area contributed by atoms with Crippen molar-refractivity contribution < 1.29 is 13.2 Å². The summed E-state index contributed by atoms with van der Waals surface area (Å²) in [6.45, 7) is 3.54. The molecule has 0 fully saturated rings. The van der Waals surface area contributed by atoms with Crippen molar-refractivity contribution in [3.63, 3.8) is 0 Å². The van der Waals surface area contributed by atoms with E-state index in [4.69, 9.17) is 0 Å². The monoisotopic (exact) mass is 226 g/mol. The minimum Gasteiger partial charge on any atom is -0.306 e. The first kappa shape index (κ1) is 9.97. The molecule has 0 atom stereocenters. The van der Waals surface area contributed by atoms with Gasteiger partial charge in [-0.3, -0.25) is 0 Å². The van der Waals surface area contributed by atoms with Gasteiger partial charge in [0.05, 0.1) is 5.69 Å². The predicted octanol–water partition coefficient (Wildman–Crippen LogP) is 1.13. The van der Waals surface area contributed by atoms with Crippen molar-refractivity contribution in [2.24, 2.45) is 0 Å². The van der Waals surface area contributed by atoms with Crippen molar-refractivity contribution in [2.75, 3.05) is 5.32 Å². The normalized spacial score (nSPS) is 17.6. The van der Waals surface area contributed by atoms with Crippen LogP contribution in [-0.4, -0.2) is 14.4 Å². The number of hydrogen-bond acceptors (Lipinski definition) is 3. The van der Waals surface area contributed by atoms with Gasteiger partial charge in [-0.05, 0) is 31.0 Å². The lowest BCUT2D eigenvalue weighted by molar-refractivity contribution is 0.256. The molecule has 0 saturated carbocycles. The van der Waals surface area contributed by atoms with E-state index in [0.717, 1.165) is 5.56 Å². The third-order valence-corrected chi connectivity index (χ3v) is 3.70. The number of fused-ring (bicyclic) bond motifs is 1. The Labute approximate surface area is 87.5 Å². The number of hydrogen-bond donors (Lipinski definition) is 2. The first-order valence-corrected chi connectivity index (χ1v) is 5.83. The second kappa shape index (κ2) is 2.96. The lowest BCUT2D eigenvalue weighted by atomic mass is 10.1. The fourth-order valence-corrected chi connectivity index (χ4v) is 3.00. The maximum atomic E-state index is 11.6. The fourth-order valence-electron chi connectivity index (χ4n) is 1.72. The number of rotatable bonds is 0. The molecule has 2 amide bonds. The number of amides is 2. The molecule has 6 heteroatoms. The van der Waals surface area contributed by atoms with Gasteiger partial charge in [-0.2, -0.15) is 0 Å². The molecule has 2 rings (SSSR count). The number of sulfonamides is 1. The van der Waals surface area contributed by atoms with E-state index in [9.17, 15) is 13.2 Å². The molecule has 0 bridgehead atoms. The van der Waals surface area contributed by atoms with Crippen LogP contribution in [0.3, 0.4) is 0 Å². The number of anilines is 1. The molecule has 1 aromatic carbocycles. The van der Waals surface area contributed by atoms with E-state index in [2.05, 4.69) is 5.32 Å². The Balaban J connectivity index is 2.79. The molecule has 0 unspecified atom stereocenters. The largest absolute Gasteiger partial charge is 0.333 e. The molecule has 15 heavy (non-hydrogen) atoms. The Bertz CT molecular complexity index is 549. The zero-order chi connectivity index (χ0) is 11.2. The Morgan fingerprint density at radius 1 is 1.20 bits per heavy atom. The van der Waals surface area contributed by atoms with Crippen LogP contribution in [0.25, 0.3) is 0 Å². The summed E-state index contributed by atoms with van der Waals surface area (Å²) in [5.74, 6) is 0. The zero-order valence-electron chi connectivity index (χ0n) is 8.29. The average Bonchev–Trinajstić information content (AvgIpc) is 1.97. The van der Waals surface area contributed by atoms with E-state index in [1.807, 2.05) is 11.6 Å². The van der Waals surface area contributed by atoms with E-state index in [1.165, 1.54) is 0 Å². The number of carbonyl (C=O) groups is 1. The third kappa shape index (κ3) is 1.56. The molecule has 2 N–H and O–H groups in total. The van der Waals surface area contributed by atoms with Gasteiger partial charge in [0.15, 0.2) is 0 Å². The highest BCUT2D eigenvalue weighted by atomic mass is 32.2. The highest BCUT2D eigenvalue weighted by Crippen LogP contribution is 2.29. The molecular formula is C9H10N2O3S. The third-order valence-electron chi connectivity index (χ3n) is 2.16. The van der Waals surface area contributed by atoms with Crippen LogP contribution in [0.4, 0.5) is 10.5 Å². The van der Waals surface area contributed by atoms with Crippen LogP contribution in [-0.2, 0) is 10.0 Å². The van der Waals surface area contributed by atoms with Gasteiger partial charge in [-0.25, -0.2) is 17.9 Å². The van der Waals surface area contributed by atoms with Crippen molar-refractivity contribution in [3.8, 4) is 0 Å². The highest BCUT2D eigenvalue weighted by Gasteiger charge is 2.29. The van der Waals surface area contributed by atoms with Gasteiger partial charge in [0, 0.05) is 0 Å². The molecular weight excluding hydrogens is 216 g/mol. The molecule has 80 valence electrons. The van der Waals surface area contributed by atoms with E-state index in [1.54, 1.807) is 19.1 Å². The summed E-state index contributed by atoms with van der Waals surface area (Å²) >= 11 is 0. The van der Waals surface area contributed by atoms with Crippen molar-refractivity contribution in [1.29, 1.82) is 0 Å². The molecule has 1 aliphatic heterocycles. The van der Waals surface area contributed by atoms with Crippen LogP contribution < -0.4 is 10.0 Å². The second-order valence-corrected chi connectivity index (χ2v) is 5.14. The number of carbonyl (C=O) groups excluding carboxylic acids is 1. The highest BCUT2D eigenvalue weighted by molar-refractivity contribution is 7.90. The summed E-state index contributed by atoms with van der Waals surface area (Å²) in [4.78, 5) is 11.2. The average molecular weight is 226 g/mol. The van der Waals surface area contributed by atoms with Crippen molar-refractivity contribution in [1.82, 2.24) is 4.72 Å². The van der Waals surface area contributed by atoms with Gasteiger partial charge in [0.2, 0.25) is 0 Å². The summed E-state index contributed by atoms with van der Waals surface area (Å²) in [6.07, 6.45) is 0. The van der Waals surface area contributed by atoms with E-state index >= 15 is 0 Å². The predicted molar refractivity (Wildman–Crippen MR) is 55.3 cm³/mol. The van der Waals surface area contributed by atoms with Crippen LogP contribution in [0.15, 0.2) is 17.0 Å². The van der Waals surface area contributed by atoms with Gasteiger partial charge in [-0.1, -0.05) is 6.07 Å². The van der Waals surface area contributed by atoms with E-state index < -0.39 is 16.1 Å². The van der Waals surface area contributed by atoms with Gasteiger partial charge in [0.1, 0.15) is 4.90 Å². The second-order valence-electron chi connectivity index (χ2n) is 3.52. The summed E-state index contributed by atoms with van der Waals surface area (Å²) in [5.41, 5.74) is 1.87. The Hall–Kier alpha value is -1.56. The molecule has 1 aliphatic rings. The van der Waals surface area contributed by atoms with Crippen molar-refractivity contribution in [2.45, 2.75) is 18.7 Å². The summed E-state index contributed by atoms with van der Waals surface area (Å²) in [6, 6.07) is 2.68. The lowest BCUT2D eigenvalue weighted by Crippen LogP contribution is -2.39. The topological polar surface area (TPSA) is 75.3 Å². The quantitative estimate of drug-likeness (QED) is 0.696. The van der Waals surface area contributed by atoms with Crippen LogP contribution in [0, 0.1) is 13.8 Å². The number of nitrogens with one attached hydrogen (secondary N) is 2. The van der Waals surface area contributed by atoms with E-state index in [0.29, 0.717) is 11.3 Å². The molecule has 5 nitrogen and oxygen atoms in total. The maximum absolute atomic E-state index is 11.6. The molecule has 0 aromatic heterocycles. The summed E-state index contributed by atoms with van der Waals surface area (Å²) in [5, 5.41) is 2.47. The fraction of sp³-hybridized carbons (Fsp3) is 0.222. The minimum atomic E-state index is -3.70. The first-order chi connectivity index (χ1) is 6.90. The number of aryl methyl sites for hydroxylation is 2. The van der Waals surface area contributed by atoms with E-state index in [-0.39, 0.29) is 4.90 Å². The number of urea groups is 1. The molecule has 0 radical (unpaired) electrons. The molecule has 0 saturated heterocycles. The summed E-state index contributed by atoms with van der Waals surface area (Å²) in [7, 11) is -3.70. The number of benzene rings is 1. The maximum Gasteiger partial charge on any atom is 0.333 e. The standard InChI is InChI=1S/C9H10N2O3S/c1-5-3-6(2)8-7(4-5)10-9(12)11-15(8,13)14/h3-4H,1-2H3,(H2,10,11,12). The molecule has 1 aromatic rings. The Morgan fingerprint density at radius 3 is 2.53 bits per heavy atom. The van der Waals surface area contributed by atoms with Crippen molar-refractivity contribution in [3.05, 3.63) is 23.3 Å². The lowest BCUT2D eigenvalue weighted by Gasteiger charge is -2.20. The van der Waals surface area contributed by atoms with Gasteiger partial charge >= 0.3 is 6.03 Å². The molecule has 0 aliphatic carbocycles. The summed E-state index contributed by atoms with van der Waals surface area (Å²) < 4.78 is 25.2. The van der Waals surface area contributed by atoms with Gasteiger partial charge in [-0.15, -0.1) is 0 Å².